The van der Waals surface area contributed by atoms with Crippen LogP contribution in [-0.4, -0.2) is 36.5 Å². The maximum absolute atomic E-state index is 9.78. The highest BCUT2D eigenvalue weighted by atomic mass is 127. The number of guanidine groups is 1. The first-order valence-electron chi connectivity index (χ1n) is 8.87. The summed E-state index contributed by atoms with van der Waals surface area (Å²) in [5.74, 6) is 2.40. The standard InChI is InChI=1S/C20H27N3O2S.HI/c1-3-21-20(22-12-13-26-17-8-6-5-7-9-17)23-15-16-10-11-18(24)19(14-16)25-4-2;/h5-11,14,24H,3-4,12-13,15H2,1-2H3,(H2,21,22,23);1H. The molecule has 27 heavy (non-hydrogen) atoms. The van der Waals surface area contributed by atoms with Crippen molar-refractivity contribution in [3.63, 3.8) is 0 Å². The van der Waals surface area contributed by atoms with Crippen molar-refractivity contribution in [3.8, 4) is 11.5 Å². The number of ether oxygens (including phenoxy) is 1. The van der Waals surface area contributed by atoms with Gasteiger partial charge in [-0.05, 0) is 43.7 Å². The first-order chi connectivity index (χ1) is 12.7. The van der Waals surface area contributed by atoms with Crippen molar-refractivity contribution >= 4 is 41.7 Å². The number of thioether (sulfide) groups is 1. The Morgan fingerprint density at radius 2 is 1.89 bits per heavy atom. The van der Waals surface area contributed by atoms with E-state index in [0.717, 1.165) is 30.4 Å². The number of rotatable bonds is 9. The average Bonchev–Trinajstić information content (AvgIpc) is 2.66. The molecule has 7 heteroatoms. The van der Waals surface area contributed by atoms with E-state index in [2.05, 4.69) is 39.9 Å². The molecule has 2 aromatic carbocycles. The number of phenolic OH excluding ortho intramolecular Hbond substituents is 1. The molecule has 0 radical (unpaired) electrons. The maximum Gasteiger partial charge on any atom is 0.191 e. The van der Waals surface area contributed by atoms with Gasteiger partial charge in [-0.25, -0.2) is 4.99 Å². The van der Waals surface area contributed by atoms with E-state index in [0.29, 0.717) is 18.9 Å². The van der Waals surface area contributed by atoms with Crippen molar-refractivity contribution in [2.75, 3.05) is 25.4 Å². The fourth-order valence-electron chi connectivity index (χ4n) is 2.30. The van der Waals surface area contributed by atoms with Crippen molar-refractivity contribution in [1.82, 2.24) is 10.6 Å². The van der Waals surface area contributed by atoms with Crippen LogP contribution in [-0.2, 0) is 6.54 Å². The van der Waals surface area contributed by atoms with E-state index < -0.39 is 0 Å². The molecule has 0 fully saturated rings. The van der Waals surface area contributed by atoms with Crippen molar-refractivity contribution < 1.29 is 9.84 Å². The lowest BCUT2D eigenvalue weighted by atomic mass is 10.2. The maximum atomic E-state index is 9.78. The molecule has 0 aliphatic heterocycles. The van der Waals surface area contributed by atoms with Crippen LogP contribution in [0.5, 0.6) is 11.5 Å². The summed E-state index contributed by atoms with van der Waals surface area (Å²) in [4.78, 5) is 5.87. The molecule has 0 saturated carbocycles. The zero-order valence-corrected chi connectivity index (χ0v) is 18.9. The van der Waals surface area contributed by atoms with Crippen LogP contribution in [0.1, 0.15) is 19.4 Å². The van der Waals surface area contributed by atoms with Gasteiger partial charge in [0, 0.05) is 23.7 Å². The van der Waals surface area contributed by atoms with Crippen LogP contribution in [0.4, 0.5) is 0 Å². The summed E-state index contributed by atoms with van der Waals surface area (Å²) in [5, 5.41) is 16.4. The van der Waals surface area contributed by atoms with Crippen molar-refractivity contribution in [3.05, 3.63) is 54.1 Å². The Hall–Kier alpha value is -1.61. The lowest BCUT2D eigenvalue weighted by Crippen LogP contribution is -2.38. The molecule has 5 nitrogen and oxygen atoms in total. The van der Waals surface area contributed by atoms with Crippen molar-refractivity contribution in [2.45, 2.75) is 25.3 Å². The molecule has 0 spiro atoms. The van der Waals surface area contributed by atoms with Crippen LogP contribution in [0.15, 0.2) is 58.4 Å². The van der Waals surface area contributed by atoms with Gasteiger partial charge >= 0.3 is 0 Å². The summed E-state index contributed by atoms with van der Waals surface area (Å²) in [6, 6.07) is 15.7. The Kier molecular flexibility index (Phi) is 11.8. The molecule has 0 heterocycles. The van der Waals surface area contributed by atoms with E-state index in [9.17, 15) is 5.11 Å². The van der Waals surface area contributed by atoms with E-state index >= 15 is 0 Å². The normalized spacial score (nSPS) is 10.8. The molecule has 0 aliphatic rings. The summed E-state index contributed by atoms with van der Waals surface area (Å²) < 4.78 is 5.42. The number of phenols is 1. The van der Waals surface area contributed by atoms with E-state index in [-0.39, 0.29) is 29.7 Å². The topological polar surface area (TPSA) is 65.9 Å². The predicted molar refractivity (Wildman–Crippen MR) is 125 cm³/mol. The van der Waals surface area contributed by atoms with Gasteiger partial charge in [0.2, 0.25) is 0 Å². The summed E-state index contributed by atoms with van der Waals surface area (Å²) >= 11 is 1.81. The number of nitrogens with zero attached hydrogens (tertiary/aromatic N) is 1. The van der Waals surface area contributed by atoms with Crippen molar-refractivity contribution in [1.29, 1.82) is 0 Å². The van der Waals surface area contributed by atoms with Gasteiger partial charge in [0.15, 0.2) is 17.5 Å². The lowest BCUT2D eigenvalue weighted by molar-refractivity contribution is 0.318. The third-order valence-corrected chi connectivity index (χ3v) is 4.51. The van der Waals surface area contributed by atoms with Crippen LogP contribution in [0, 0.1) is 0 Å². The molecule has 3 N–H and O–H groups in total. The zero-order chi connectivity index (χ0) is 18.6. The number of aliphatic imine (C=N–C) groups is 1. The summed E-state index contributed by atoms with van der Waals surface area (Å²) in [6.45, 7) is 6.60. The third-order valence-electron chi connectivity index (χ3n) is 3.49. The molecule has 0 unspecified atom stereocenters. The quantitative estimate of drug-likeness (QED) is 0.158. The second-order valence-electron chi connectivity index (χ2n) is 5.52. The van der Waals surface area contributed by atoms with Gasteiger partial charge in [0.05, 0.1) is 13.2 Å². The van der Waals surface area contributed by atoms with Crippen LogP contribution >= 0.6 is 35.7 Å². The van der Waals surface area contributed by atoms with Gasteiger partial charge in [0.1, 0.15) is 0 Å². The second kappa shape index (κ2) is 13.5. The Labute approximate surface area is 183 Å². The van der Waals surface area contributed by atoms with Gasteiger partial charge in [-0.2, -0.15) is 0 Å². The Morgan fingerprint density at radius 3 is 2.59 bits per heavy atom. The highest BCUT2D eigenvalue weighted by molar-refractivity contribution is 14.0. The van der Waals surface area contributed by atoms with E-state index in [1.54, 1.807) is 6.07 Å². The summed E-state index contributed by atoms with van der Waals surface area (Å²) in [5.41, 5.74) is 0.988. The molecule has 0 bridgehead atoms. The molecule has 0 amide bonds. The smallest absolute Gasteiger partial charge is 0.191 e. The number of halogens is 1. The molecule has 0 aliphatic carbocycles. The number of aromatic hydroxyl groups is 1. The number of hydrogen-bond acceptors (Lipinski definition) is 4. The molecular formula is C20H28IN3O2S. The summed E-state index contributed by atoms with van der Waals surface area (Å²) in [7, 11) is 0. The molecular weight excluding hydrogens is 473 g/mol. The van der Waals surface area contributed by atoms with Gasteiger partial charge < -0.3 is 20.5 Å². The van der Waals surface area contributed by atoms with Gasteiger partial charge in [-0.3, -0.25) is 0 Å². The molecule has 2 aromatic rings. The van der Waals surface area contributed by atoms with E-state index in [4.69, 9.17) is 4.74 Å². The number of hydrogen-bond donors (Lipinski definition) is 3. The first kappa shape index (κ1) is 23.4. The van der Waals surface area contributed by atoms with E-state index in [1.165, 1.54) is 4.90 Å². The van der Waals surface area contributed by atoms with Gasteiger partial charge in [0.25, 0.3) is 0 Å². The van der Waals surface area contributed by atoms with E-state index in [1.807, 2.05) is 43.8 Å². The average molecular weight is 501 g/mol. The van der Waals surface area contributed by atoms with Gasteiger partial charge in [-0.1, -0.05) is 24.3 Å². The SMILES string of the molecule is CCNC(=NCc1ccc(O)c(OCC)c1)NCCSc1ccccc1.I. The molecule has 0 saturated heterocycles. The highest BCUT2D eigenvalue weighted by Crippen LogP contribution is 2.27. The highest BCUT2D eigenvalue weighted by Gasteiger charge is 2.04. The predicted octanol–water partition coefficient (Wildman–Crippen LogP) is 4.26. The molecule has 2 rings (SSSR count). The van der Waals surface area contributed by atoms with Crippen LogP contribution in [0.3, 0.4) is 0 Å². The van der Waals surface area contributed by atoms with Crippen molar-refractivity contribution in [2.24, 2.45) is 4.99 Å². The molecule has 0 aromatic heterocycles. The Morgan fingerprint density at radius 1 is 1.11 bits per heavy atom. The zero-order valence-electron chi connectivity index (χ0n) is 15.8. The minimum absolute atomic E-state index is 0. The summed E-state index contributed by atoms with van der Waals surface area (Å²) in [6.07, 6.45) is 0. The third kappa shape index (κ3) is 8.75. The number of benzene rings is 2. The monoisotopic (exact) mass is 501 g/mol. The fraction of sp³-hybridized carbons (Fsp3) is 0.350. The first-order valence-corrected chi connectivity index (χ1v) is 9.86. The fourth-order valence-corrected chi connectivity index (χ4v) is 3.08. The van der Waals surface area contributed by atoms with Gasteiger partial charge in [-0.15, -0.1) is 35.7 Å². The minimum Gasteiger partial charge on any atom is -0.504 e. The van der Waals surface area contributed by atoms with Crippen LogP contribution in [0.25, 0.3) is 0 Å². The molecule has 148 valence electrons. The Bertz CT molecular complexity index is 699. The van der Waals surface area contributed by atoms with Crippen LogP contribution in [0.2, 0.25) is 0 Å². The van der Waals surface area contributed by atoms with Crippen LogP contribution < -0.4 is 15.4 Å². The Balaban J connectivity index is 0.00000364. The number of nitrogens with one attached hydrogen (secondary N) is 2. The lowest BCUT2D eigenvalue weighted by Gasteiger charge is -2.12. The molecule has 0 atom stereocenters. The largest absolute Gasteiger partial charge is 0.504 e. The minimum atomic E-state index is 0. The second-order valence-corrected chi connectivity index (χ2v) is 6.69.